The number of aromatic nitrogens is 2. The van der Waals surface area contributed by atoms with Crippen LogP contribution >= 0.6 is 6.72 Å². The van der Waals surface area contributed by atoms with Crippen molar-refractivity contribution in [2.75, 3.05) is 45.9 Å². The maximum absolute atomic E-state index is 13.5. The first-order valence-corrected chi connectivity index (χ1v) is 25.1. The van der Waals surface area contributed by atoms with Gasteiger partial charge in [0.15, 0.2) is 0 Å². The van der Waals surface area contributed by atoms with Crippen molar-refractivity contribution in [3.63, 3.8) is 0 Å². The quantitative estimate of drug-likeness (QED) is 0.0888. The molecule has 0 bridgehead atoms. The molecule has 12 nitrogen and oxygen atoms in total. The summed E-state index contributed by atoms with van der Waals surface area (Å²) in [6.07, 6.45) is 5.63. The fourth-order valence-electron chi connectivity index (χ4n) is 7.46. The maximum atomic E-state index is 13.5. The van der Waals surface area contributed by atoms with Crippen LogP contribution < -0.4 is 9.95 Å². The molecule has 0 aliphatic carbocycles. The molecule has 1 aliphatic rings. The summed E-state index contributed by atoms with van der Waals surface area (Å²) in [4.78, 5) is 25.9. The minimum absolute atomic E-state index is 0.00629. The first-order valence-electron chi connectivity index (χ1n) is 22.5. The Balaban J connectivity index is 0.000000177. The minimum atomic E-state index is -2.77. The minimum Gasteiger partial charge on any atom is -0.508 e. The summed E-state index contributed by atoms with van der Waals surface area (Å²) in [5.74, 6) is 0.445. The molecule has 1 fully saturated rings. The molecule has 1 aliphatic heterocycles. The summed E-state index contributed by atoms with van der Waals surface area (Å²) >= 11 is 5.32. The molecule has 3 N–H and O–H groups in total. The fourth-order valence-corrected chi connectivity index (χ4v) is 9.45. The molecule has 362 valence electrons. The Kier molecular flexibility index (Phi) is 18.7. The molecule has 0 saturated carbocycles. The van der Waals surface area contributed by atoms with Crippen LogP contribution in [0.1, 0.15) is 67.9 Å². The van der Waals surface area contributed by atoms with Crippen LogP contribution in [-0.2, 0) is 20.9 Å². The van der Waals surface area contributed by atoms with Crippen molar-refractivity contribution in [3.8, 4) is 34.3 Å². The van der Waals surface area contributed by atoms with E-state index in [1.165, 1.54) is 54.3 Å². The van der Waals surface area contributed by atoms with E-state index in [9.17, 15) is 28.9 Å². The van der Waals surface area contributed by atoms with Crippen LogP contribution in [0, 0.1) is 18.6 Å². The predicted octanol–water partition coefficient (Wildman–Crippen LogP) is 11.5. The Morgan fingerprint density at radius 3 is 1.94 bits per heavy atom. The van der Waals surface area contributed by atoms with E-state index in [1.54, 1.807) is 18.2 Å². The van der Waals surface area contributed by atoms with E-state index < -0.39 is 12.1 Å². The number of benzene rings is 5. The smallest absolute Gasteiger partial charge is 0.381 e. The van der Waals surface area contributed by atoms with E-state index in [0.717, 1.165) is 61.4 Å². The van der Waals surface area contributed by atoms with Gasteiger partial charge in [0.1, 0.15) is 51.9 Å². The monoisotopic (exact) mass is 978 g/mol. The highest BCUT2D eigenvalue weighted by molar-refractivity contribution is 8.07. The Hall–Kier alpha value is -6.32. The largest absolute Gasteiger partial charge is 0.508 e. The second-order valence-electron chi connectivity index (χ2n) is 16.3. The van der Waals surface area contributed by atoms with Crippen LogP contribution in [0.2, 0.25) is 0 Å². The molecule has 3 heterocycles. The highest BCUT2D eigenvalue weighted by Crippen LogP contribution is 2.49. The predicted molar refractivity (Wildman–Crippen MR) is 270 cm³/mol. The number of piperazine rings is 1. The van der Waals surface area contributed by atoms with Crippen LogP contribution in [0.25, 0.3) is 28.2 Å². The number of nitrogens with zero attached hydrogens (tertiary/aromatic N) is 4. The van der Waals surface area contributed by atoms with Gasteiger partial charge in [0, 0.05) is 74.3 Å². The number of aromatic hydroxyl groups is 3. The number of fused-ring (bicyclic) bond motifs is 1. The topological polar surface area (TPSA) is 151 Å². The van der Waals surface area contributed by atoms with Crippen LogP contribution in [0.3, 0.4) is 0 Å². The SMILES string of the molecule is CCOP(=S)(OCC)Oc1cc(C)nc(C(C)C)n1.Fc1ccc(C(c2ccc(F)cc2)N2CCN(C/C=C/c3ccccc3)CC2)cc1.O=c1c(-c2ccc(O)cc2)coc2cc(O)cc(O)c12. The second kappa shape index (κ2) is 24.8. The molecule has 0 unspecified atom stereocenters. The number of hydrogen-bond acceptors (Lipinski definition) is 13. The lowest BCUT2D eigenvalue weighted by atomic mass is 9.96. The van der Waals surface area contributed by atoms with Crippen molar-refractivity contribution in [3.05, 3.63) is 184 Å². The van der Waals surface area contributed by atoms with Gasteiger partial charge in [0.25, 0.3) is 0 Å². The van der Waals surface area contributed by atoms with Gasteiger partial charge in [-0.25, -0.2) is 13.8 Å². The normalized spacial score (nSPS) is 13.3. The van der Waals surface area contributed by atoms with Crippen LogP contribution in [0.15, 0.2) is 143 Å². The number of phenolic OH excluding ortho intramolecular Hbond substituents is 3. The zero-order valence-electron chi connectivity index (χ0n) is 39.2. The van der Waals surface area contributed by atoms with Gasteiger partial charge in [0.2, 0.25) is 11.3 Å². The van der Waals surface area contributed by atoms with Gasteiger partial charge >= 0.3 is 6.72 Å². The van der Waals surface area contributed by atoms with Crippen molar-refractivity contribution in [1.82, 2.24) is 19.8 Å². The molecule has 7 aromatic rings. The van der Waals surface area contributed by atoms with Gasteiger partial charge in [-0.05, 0) is 79.4 Å². The lowest BCUT2D eigenvalue weighted by molar-refractivity contribution is 0.118. The zero-order valence-corrected chi connectivity index (χ0v) is 40.9. The van der Waals surface area contributed by atoms with Gasteiger partial charge in [-0.3, -0.25) is 23.6 Å². The molecule has 1 saturated heterocycles. The van der Waals surface area contributed by atoms with Crippen LogP contribution in [-0.4, -0.2) is 81.0 Å². The molecule has 0 spiro atoms. The highest BCUT2D eigenvalue weighted by atomic mass is 32.5. The molecule has 69 heavy (non-hydrogen) atoms. The second-order valence-corrected chi connectivity index (χ2v) is 19.2. The van der Waals surface area contributed by atoms with Crippen molar-refractivity contribution >= 4 is 35.6 Å². The van der Waals surface area contributed by atoms with E-state index in [2.05, 4.69) is 44.1 Å². The summed E-state index contributed by atoms with van der Waals surface area (Å²) in [5.41, 5.74) is 4.63. The third-order valence-electron chi connectivity index (χ3n) is 10.8. The maximum Gasteiger partial charge on any atom is 0.381 e. The van der Waals surface area contributed by atoms with E-state index >= 15 is 0 Å². The van der Waals surface area contributed by atoms with E-state index in [1.807, 2.05) is 77.1 Å². The first-order chi connectivity index (χ1) is 33.1. The van der Waals surface area contributed by atoms with Crippen LogP contribution in [0.5, 0.6) is 23.1 Å². The van der Waals surface area contributed by atoms with E-state index in [-0.39, 0.29) is 57.4 Å². The van der Waals surface area contributed by atoms with Gasteiger partial charge in [-0.15, -0.1) is 0 Å². The van der Waals surface area contributed by atoms with Gasteiger partial charge in [-0.2, -0.15) is 4.98 Å². The molecular weight excluding hydrogens is 922 g/mol. The van der Waals surface area contributed by atoms with Crippen molar-refractivity contribution in [1.29, 1.82) is 0 Å². The zero-order chi connectivity index (χ0) is 49.5. The average molecular weight is 979 g/mol. The molecule has 0 amide bonds. The van der Waals surface area contributed by atoms with Crippen molar-refractivity contribution in [2.45, 2.75) is 46.6 Å². The first kappa shape index (κ1) is 52.1. The highest BCUT2D eigenvalue weighted by Gasteiger charge is 2.27. The number of aryl methyl sites for hydroxylation is 1. The third-order valence-corrected chi connectivity index (χ3v) is 13.2. The number of halogens is 2. The Morgan fingerprint density at radius 1 is 0.783 bits per heavy atom. The number of hydrogen-bond donors (Lipinski definition) is 3. The lowest BCUT2D eigenvalue weighted by Gasteiger charge is -2.39. The molecule has 0 atom stereocenters. The molecule has 0 radical (unpaired) electrons. The molecule has 8 rings (SSSR count). The van der Waals surface area contributed by atoms with Crippen molar-refractivity contribution < 1.29 is 42.1 Å². The summed E-state index contributed by atoms with van der Waals surface area (Å²) in [7, 11) is 0. The third kappa shape index (κ3) is 14.8. The Bertz CT molecular complexity index is 2830. The lowest BCUT2D eigenvalue weighted by Crippen LogP contribution is -2.47. The number of phenols is 3. The summed E-state index contributed by atoms with van der Waals surface area (Å²) in [6.45, 7) is 12.4. The molecule has 5 aromatic carbocycles. The summed E-state index contributed by atoms with van der Waals surface area (Å²) in [5, 5.41) is 28.4. The standard InChI is InChI=1S/C26H26F2N2.C15H10O5.C12H21N2O3PS/c27-24-12-8-22(9-13-24)26(23-10-14-25(28)15-11-23)30-19-17-29(18-20-30)16-4-7-21-5-2-1-3-6-21;16-9-3-1-8(2-4-9)11-7-20-13-6-10(17)5-12(18)14(13)15(11)19;1-6-15-18(19,16-7-2)17-11-8-10(5)13-12(14-11)9(3)4/h1-15,26H,16-20H2;1-7,16-18H;8-9H,6-7H2,1-5H3/b7-4+;;. The Labute approximate surface area is 406 Å². The fraction of sp³-hybridized carbons (Fsp3) is 0.264. The molecule has 2 aromatic heterocycles. The summed E-state index contributed by atoms with van der Waals surface area (Å²) < 4.78 is 48.8. The molecule has 16 heteroatoms. The van der Waals surface area contributed by atoms with E-state index in [0.29, 0.717) is 24.7 Å². The van der Waals surface area contributed by atoms with Gasteiger partial charge in [0.05, 0.1) is 24.8 Å². The van der Waals surface area contributed by atoms with Gasteiger partial charge in [-0.1, -0.05) is 92.7 Å². The van der Waals surface area contributed by atoms with Crippen LogP contribution in [0.4, 0.5) is 8.78 Å². The van der Waals surface area contributed by atoms with E-state index in [4.69, 9.17) is 29.8 Å². The number of rotatable bonds is 14. The summed E-state index contributed by atoms with van der Waals surface area (Å²) in [6, 6.07) is 33.8. The average Bonchev–Trinajstić information content (AvgIpc) is 3.32. The van der Waals surface area contributed by atoms with Gasteiger partial charge < -0.3 is 24.3 Å². The van der Waals surface area contributed by atoms with Crippen molar-refractivity contribution in [2.24, 2.45) is 0 Å². The molecular formula is C53H57F2N4O8PS. The Morgan fingerprint density at radius 2 is 1.38 bits per heavy atom.